The summed E-state index contributed by atoms with van der Waals surface area (Å²) in [5, 5.41) is 3.79. The molecule has 12 heavy (non-hydrogen) atoms. The minimum Gasteiger partial charge on any atom is -0.361 e. The fraction of sp³-hybridized carbons (Fsp3) is 0.625. The Morgan fingerprint density at radius 2 is 2.33 bits per heavy atom. The Hall–Kier alpha value is -0.870. The van der Waals surface area contributed by atoms with Crippen molar-refractivity contribution in [1.82, 2.24) is 10.1 Å². The molecule has 4 nitrogen and oxygen atoms in total. The average Bonchev–Trinajstić information content (AvgIpc) is 2.48. The Balaban J connectivity index is 2.41. The second-order valence-corrected chi connectivity index (χ2v) is 3.04. The van der Waals surface area contributed by atoms with Crippen molar-refractivity contribution in [2.24, 2.45) is 5.73 Å². The molecule has 2 N–H and O–H groups in total. The monoisotopic (exact) mass is 169 g/mol. The van der Waals surface area contributed by atoms with E-state index in [0.29, 0.717) is 6.54 Å². The lowest BCUT2D eigenvalue weighted by atomic mass is 10.3. The molecule has 0 aliphatic heterocycles. The van der Waals surface area contributed by atoms with Gasteiger partial charge in [-0.1, -0.05) is 5.16 Å². The van der Waals surface area contributed by atoms with Crippen molar-refractivity contribution in [2.45, 2.75) is 13.0 Å². The number of hydrogen-bond acceptors (Lipinski definition) is 4. The van der Waals surface area contributed by atoms with Gasteiger partial charge in [0.05, 0.1) is 5.69 Å². The van der Waals surface area contributed by atoms with Gasteiger partial charge in [0, 0.05) is 25.6 Å². The van der Waals surface area contributed by atoms with Gasteiger partial charge in [-0.2, -0.15) is 0 Å². The normalized spacial score (nSPS) is 11.0. The van der Waals surface area contributed by atoms with Crippen LogP contribution in [0.5, 0.6) is 0 Å². The highest BCUT2D eigenvalue weighted by molar-refractivity contribution is 5.04. The van der Waals surface area contributed by atoms with Crippen LogP contribution in [0.4, 0.5) is 0 Å². The van der Waals surface area contributed by atoms with E-state index >= 15 is 0 Å². The molecule has 1 heterocycles. The Labute approximate surface area is 72.3 Å². The van der Waals surface area contributed by atoms with Gasteiger partial charge >= 0.3 is 0 Å². The number of nitrogens with zero attached hydrogens (tertiary/aromatic N) is 2. The lowest BCUT2D eigenvalue weighted by Crippen LogP contribution is -2.14. The second-order valence-electron chi connectivity index (χ2n) is 3.04. The van der Waals surface area contributed by atoms with Gasteiger partial charge in [0.2, 0.25) is 0 Å². The topological polar surface area (TPSA) is 55.3 Å². The largest absolute Gasteiger partial charge is 0.361 e. The van der Waals surface area contributed by atoms with Crippen LogP contribution in [0.2, 0.25) is 0 Å². The van der Waals surface area contributed by atoms with E-state index in [1.54, 1.807) is 0 Å². The van der Waals surface area contributed by atoms with E-state index in [-0.39, 0.29) is 0 Å². The van der Waals surface area contributed by atoms with Crippen molar-refractivity contribution in [3.63, 3.8) is 0 Å². The third-order valence-corrected chi connectivity index (χ3v) is 1.62. The molecule has 0 fully saturated rings. The molecule has 68 valence electrons. The summed E-state index contributed by atoms with van der Waals surface area (Å²) in [7, 11) is 4.06. The zero-order valence-electron chi connectivity index (χ0n) is 7.58. The summed E-state index contributed by atoms with van der Waals surface area (Å²) in [6.45, 7) is 1.42. The SMILES string of the molecule is CN(C)CCc1cc(CN)no1. The summed E-state index contributed by atoms with van der Waals surface area (Å²) < 4.78 is 5.05. The lowest BCUT2D eigenvalue weighted by molar-refractivity contribution is 0.346. The molecule has 1 aromatic rings. The first kappa shape index (κ1) is 9.22. The highest BCUT2D eigenvalue weighted by Crippen LogP contribution is 2.03. The van der Waals surface area contributed by atoms with Crippen LogP contribution in [0.25, 0.3) is 0 Å². The highest BCUT2D eigenvalue weighted by atomic mass is 16.5. The zero-order valence-corrected chi connectivity index (χ0v) is 7.58. The van der Waals surface area contributed by atoms with Gasteiger partial charge in [-0.15, -0.1) is 0 Å². The van der Waals surface area contributed by atoms with Crippen LogP contribution in [0, 0.1) is 0 Å². The van der Waals surface area contributed by atoms with Gasteiger partial charge in [-0.3, -0.25) is 0 Å². The van der Waals surface area contributed by atoms with E-state index in [1.807, 2.05) is 20.2 Å². The molecule has 0 unspecified atom stereocenters. The highest BCUT2D eigenvalue weighted by Gasteiger charge is 2.02. The summed E-state index contributed by atoms with van der Waals surface area (Å²) in [5.74, 6) is 0.907. The van der Waals surface area contributed by atoms with Crippen LogP contribution < -0.4 is 5.73 Å². The molecule has 0 atom stereocenters. The summed E-state index contributed by atoms with van der Waals surface area (Å²) in [6.07, 6.45) is 0.889. The third-order valence-electron chi connectivity index (χ3n) is 1.62. The smallest absolute Gasteiger partial charge is 0.138 e. The van der Waals surface area contributed by atoms with Gasteiger partial charge in [-0.05, 0) is 14.1 Å². The van der Waals surface area contributed by atoms with E-state index in [1.165, 1.54) is 0 Å². The summed E-state index contributed by atoms with van der Waals surface area (Å²) in [4.78, 5) is 2.10. The van der Waals surface area contributed by atoms with Crippen molar-refractivity contribution in [2.75, 3.05) is 20.6 Å². The Kier molecular flexibility index (Phi) is 3.25. The molecule has 4 heteroatoms. The summed E-state index contributed by atoms with van der Waals surface area (Å²) >= 11 is 0. The molecular formula is C8H15N3O. The van der Waals surface area contributed by atoms with Crippen molar-refractivity contribution >= 4 is 0 Å². The van der Waals surface area contributed by atoms with Crippen LogP contribution in [-0.4, -0.2) is 30.7 Å². The quantitative estimate of drug-likeness (QED) is 0.701. The van der Waals surface area contributed by atoms with E-state index in [4.69, 9.17) is 10.3 Å². The molecule has 0 aliphatic carbocycles. The lowest BCUT2D eigenvalue weighted by Gasteiger charge is -2.05. The molecule has 1 aromatic heterocycles. The van der Waals surface area contributed by atoms with Gasteiger partial charge < -0.3 is 15.2 Å². The number of rotatable bonds is 4. The van der Waals surface area contributed by atoms with Crippen molar-refractivity contribution in [3.05, 3.63) is 17.5 Å². The predicted octanol–water partition coefficient (Wildman–Crippen LogP) is 0.237. The van der Waals surface area contributed by atoms with Crippen molar-refractivity contribution in [3.8, 4) is 0 Å². The maximum absolute atomic E-state index is 5.39. The predicted molar refractivity (Wildman–Crippen MR) is 46.7 cm³/mol. The number of hydrogen-bond donors (Lipinski definition) is 1. The first-order chi connectivity index (χ1) is 5.72. The van der Waals surface area contributed by atoms with Crippen LogP contribution in [0.15, 0.2) is 10.6 Å². The Morgan fingerprint density at radius 3 is 2.83 bits per heavy atom. The molecular weight excluding hydrogens is 154 g/mol. The van der Waals surface area contributed by atoms with E-state index in [9.17, 15) is 0 Å². The molecule has 0 radical (unpaired) electrons. The Bertz CT molecular complexity index is 232. The molecule has 0 aliphatic rings. The van der Waals surface area contributed by atoms with Crippen LogP contribution in [0.3, 0.4) is 0 Å². The third kappa shape index (κ3) is 2.64. The van der Waals surface area contributed by atoms with E-state index < -0.39 is 0 Å². The van der Waals surface area contributed by atoms with Crippen LogP contribution in [0.1, 0.15) is 11.5 Å². The summed E-state index contributed by atoms with van der Waals surface area (Å²) in [5.41, 5.74) is 6.21. The summed E-state index contributed by atoms with van der Waals surface area (Å²) in [6, 6.07) is 1.91. The number of likely N-dealkylation sites (N-methyl/N-ethyl adjacent to an activating group) is 1. The van der Waals surface area contributed by atoms with Crippen molar-refractivity contribution < 1.29 is 4.52 Å². The van der Waals surface area contributed by atoms with Gasteiger partial charge in [-0.25, -0.2) is 0 Å². The minimum atomic E-state index is 0.450. The average molecular weight is 169 g/mol. The number of aromatic nitrogens is 1. The van der Waals surface area contributed by atoms with Crippen LogP contribution in [-0.2, 0) is 13.0 Å². The first-order valence-corrected chi connectivity index (χ1v) is 4.01. The molecule has 0 saturated carbocycles. The fourth-order valence-electron chi connectivity index (χ4n) is 0.904. The Morgan fingerprint density at radius 1 is 1.58 bits per heavy atom. The second kappa shape index (κ2) is 4.23. The standard InChI is InChI=1S/C8H15N3O/c1-11(2)4-3-8-5-7(6-9)10-12-8/h5H,3-4,6,9H2,1-2H3. The fourth-order valence-corrected chi connectivity index (χ4v) is 0.904. The van der Waals surface area contributed by atoms with E-state index in [2.05, 4.69) is 10.1 Å². The van der Waals surface area contributed by atoms with E-state index in [0.717, 1.165) is 24.4 Å². The first-order valence-electron chi connectivity index (χ1n) is 4.01. The van der Waals surface area contributed by atoms with Crippen molar-refractivity contribution in [1.29, 1.82) is 0 Å². The van der Waals surface area contributed by atoms with Gasteiger partial charge in [0.25, 0.3) is 0 Å². The zero-order chi connectivity index (χ0) is 8.97. The maximum atomic E-state index is 5.39. The molecule has 0 aromatic carbocycles. The van der Waals surface area contributed by atoms with Gasteiger partial charge in [0.1, 0.15) is 5.76 Å². The molecule has 0 amide bonds. The molecule has 0 spiro atoms. The minimum absolute atomic E-state index is 0.450. The number of nitrogens with two attached hydrogens (primary N) is 1. The molecule has 1 rings (SSSR count). The van der Waals surface area contributed by atoms with Gasteiger partial charge in [0.15, 0.2) is 0 Å². The maximum Gasteiger partial charge on any atom is 0.138 e. The van der Waals surface area contributed by atoms with Crippen LogP contribution >= 0.6 is 0 Å². The molecule has 0 saturated heterocycles. The molecule has 0 bridgehead atoms.